The molecular weight excluding hydrogens is 204 g/mol. The minimum atomic E-state index is -2.73. The Morgan fingerprint density at radius 3 is 2.87 bits per heavy atom. The molecule has 15 heavy (non-hydrogen) atoms. The zero-order valence-electron chi connectivity index (χ0n) is 7.85. The van der Waals surface area contributed by atoms with Gasteiger partial charge in [0.2, 0.25) is 0 Å². The van der Waals surface area contributed by atoms with Crippen molar-refractivity contribution in [2.24, 2.45) is 0 Å². The van der Waals surface area contributed by atoms with Crippen molar-refractivity contribution in [1.82, 2.24) is 4.98 Å². The first-order valence-corrected chi connectivity index (χ1v) is 4.60. The van der Waals surface area contributed by atoms with Gasteiger partial charge < -0.3 is 4.98 Å². The third kappa shape index (κ3) is 1.82. The number of carbonyl (C=O) groups excluding carboxylic acids is 1. The highest BCUT2D eigenvalue weighted by Crippen LogP contribution is 2.31. The van der Waals surface area contributed by atoms with Crippen LogP contribution in [0.2, 0.25) is 0 Å². The Kier molecular flexibility index (Phi) is 2.17. The summed E-state index contributed by atoms with van der Waals surface area (Å²) in [7, 11) is 0. The second kappa shape index (κ2) is 3.25. The highest BCUT2D eigenvalue weighted by atomic mass is 19.3. The molecule has 0 spiro atoms. The third-order valence-corrected chi connectivity index (χ3v) is 2.56. The number of H-pyrrole nitrogens is 1. The molecule has 80 valence electrons. The molecule has 1 N–H and O–H groups in total. The smallest absolute Gasteiger partial charge is 0.258 e. The quantitative estimate of drug-likeness (QED) is 0.715. The molecule has 0 fully saturated rings. The molecule has 0 saturated carbocycles. The van der Waals surface area contributed by atoms with Crippen LogP contribution in [0, 0.1) is 0 Å². The average molecular weight is 213 g/mol. The van der Waals surface area contributed by atoms with Gasteiger partial charge in [-0.1, -0.05) is 0 Å². The largest absolute Gasteiger partial charge is 0.325 e. The monoisotopic (exact) mass is 213 g/mol. The van der Waals surface area contributed by atoms with E-state index in [0.717, 1.165) is 0 Å². The van der Waals surface area contributed by atoms with Gasteiger partial charge in [0.15, 0.2) is 6.29 Å². The summed E-state index contributed by atoms with van der Waals surface area (Å²) >= 11 is 0. The maximum Gasteiger partial charge on any atom is 0.258 e. The number of hydrogen-bond donors (Lipinski definition) is 1. The van der Waals surface area contributed by atoms with Crippen molar-refractivity contribution < 1.29 is 13.6 Å². The number of aromatic amines is 1. The van der Waals surface area contributed by atoms with Gasteiger partial charge in [-0.05, 0) is 18.1 Å². The second-order valence-electron chi connectivity index (χ2n) is 3.71. The van der Waals surface area contributed by atoms with E-state index in [0.29, 0.717) is 17.5 Å². The van der Waals surface area contributed by atoms with Crippen LogP contribution in [0.25, 0.3) is 0 Å². The number of alkyl halides is 2. The standard InChI is InChI=1S/C10H9F2NO2/c11-10(12)2-1-8-6(4-10)3-7(5-14)9(15)13-8/h3,5H,1-2,4H2,(H,13,15). The van der Waals surface area contributed by atoms with E-state index >= 15 is 0 Å². The first-order valence-electron chi connectivity index (χ1n) is 4.60. The summed E-state index contributed by atoms with van der Waals surface area (Å²) in [5, 5.41) is 0. The topological polar surface area (TPSA) is 49.9 Å². The molecule has 1 heterocycles. The van der Waals surface area contributed by atoms with Crippen LogP contribution in [-0.2, 0) is 12.8 Å². The fraction of sp³-hybridized carbons (Fsp3) is 0.400. The minimum Gasteiger partial charge on any atom is -0.325 e. The Morgan fingerprint density at radius 1 is 1.47 bits per heavy atom. The van der Waals surface area contributed by atoms with Crippen LogP contribution in [-0.4, -0.2) is 17.2 Å². The number of halogens is 2. The Bertz CT molecular complexity index is 465. The lowest BCUT2D eigenvalue weighted by atomic mass is 9.92. The molecule has 0 amide bonds. The van der Waals surface area contributed by atoms with Crippen molar-refractivity contribution in [3.8, 4) is 0 Å². The number of aryl methyl sites for hydroxylation is 1. The van der Waals surface area contributed by atoms with Crippen molar-refractivity contribution >= 4 is 6.29 Å². The Balaban J connectivity index is 2.51. The van der Waals surface area contributed by atoms with Crippen LogP contribution >= 0.6 is 0 Å². The van der Waals surface area contributed by atoms with Crippen molar-refractivity contribution in [3.63, 3.8) is 0 Å². The lowest BCUT2D eigenvalue weighted by Crippen LogP contribution is -2.29. The molecule has 0 saturated heterocycles. The normalized spacial score (nSPS) is 18.3. The van der Waals surface area contributed by atoms with Crippen LogP contribution in [0.3, 0.4) is 0 Å². The highest BCUT2D eigenvalue weighted by Gasteiger charge is 2.34. The summed E-state index contributed by atoms with van der Waals surface area (Å²) < 4.78 is 26.1. The predicted molar refractivity (Wildman–Crippen MR) is 49.4 cm³/mol. The molecule has 0 aromatic carbocycles. The van der Waals surface area contributed by atoms with E-state index < -0.39 is 17.9 Å². The van der Waals surface area contributed by atoms with Gasteiger partial charge in [-0.25, -0.2) is 8.78 Å². The van der Waals surface area contributed by atoms with Gasteiger partial charge in [0.1, 0.15) is 0 Å². The fourth-order valence-corrected chi connectivity index (χ4v) is 1.77. The van der Waals surface area contributed by atoms with Gasteiger partial charge in [0.05, 0.1) is 5.56 Å². The summed E-state index contributed by atoms with van der Waals surface area (Å²) in [5.41, 5.74) is 0.296. The molecule has 0 bridgehead atoms. The first kappa shape index (κ1) is 10.0. The van der Waals surface area contributed by atoms with Crippen LogP contribution in [0.5, 0.6) is 0 Å². The SMILES string of the molecule is O=Cc1cc2c([nH]c1=O)CCC(F)(F)C2. The maximum atomic E-state index is 13.0. The van der Waals surface area contributed by atoms with E-state index in [-0.39, 0.29) is 18.4 Å². The number of aromatic nitrogens is 1. The number of rotatable bonds is 1. The fourth-order valence-electron chi connectivity index (χ4n) is 1.77. The summed E-state index contributed by atoms with van der Waals surface area (Å²) in [6, 6.07) is 1.26. The summed E-state index contributed by atoms with van der Waals surface area (Å²) in [6.45, 7) is 0. The summed E-state index contributed by atoms with van der Waals surface area (Å²) in [4.78, 5) is 24.1. The first-order chi connectivity index (χ1) is 7.02. The van der Waals surface area contributed by atoms with Crippen molar-refractivity contribution in [2.45, 2.75) is 25.2 Å². The Morgan fingerprint density at radius 2 is 2.20 bits per heavy atom. The van der Waals surface area contributed by atoms with Gasteiger partial charge in [-0.2, -0.15) is 0 Å². The number of carbonyl (C=O) groups is 1. The number of aldehydes is 1. The molecule has 1 aliphatic rings. The zero-order valence-corrected chi connectivity index (χ0v) is 7.85. The van der Waals surface area contributed by atoms with E-state index in [1.54, 1.807) is 0 Å². The summed E-state index contributed by atoms with van der Waals surface area (Å²) in [5.74, 6) is -2.73. The van der Waals surface area contributed by atoms with E-state index in [1.165, 1.54) is 6.07 Å². The number of hydrogen-bond acceptors (Lipinski definition) is 2. The molecule has 2 rings (SSSR count). The van der Waals surface area contributed by atoms with E-state index in [2.05, 4.69) is 4.98 Å². The van der Waals surface area contributed by atoms with Gasteiger partial charge in [-0.15, -0.1) is 0 Å². The van der Waals surface area contributed by atoms with Gasteiger partial charge in [-0.3, -0.25) is 9.59 Å². The number of fused-ring (bicyclic) bond motifs is 1. The van der Waals surface area contributed by atoms with E-state index in [9.17, 15) is 18.4 Å². The average Bonchev–Trinajstić information content (AvgIpc) is 2.17. The predicted octanol–water partition coefficient (Wildman–Crippen LogP) is 1.31. The third-order valence-electron chi connectivity index (χ3n) is 2.56. The Labute approximate surface area is 84.1 Å². The van der Waals surface area contributed by atoms with Gasteiger partial charge in [0, 0.05) is 18.5 Å². The summed E-state index contributed by atoms with van der Waals surface area (Å²) in [6.07, 6.45) is -0.126. The molecule has 3 nitrogen and oxygen atoms in total. The molecule has 1 aliphatic carbocycles. The molecule has 1 aromatic rings. The second-order valence-corrected chi connectivity index (χ2v) is 3.71. The minimum absolute atomic E-state index is 0.0913. The molecule has 0 radical (unpaired) electrons. The number of nitrogens with one attached hydrogen (secondary N) is 1. The van der Waals surface area contributed by atoms with Crippen LogP contribution < -0.4 is 5.56 Å². The number of pyridine rings is 1. The zero-order chi connectivity index (χ0) is 11.1. The van der Waals surface area contributed by atoms with Crippen molar-refractivity contribution in [2.75, 3.05) is 0 Å². The van der Waals surface area contributed by atoms with E-state index in [4.69, 9.17) is 0 Å². The molecule has 5 heteroatoms. The molecular formula is C10H9F2NO2. The lowest BCUT2D eigenvalue weighted by molar-refractivity contribution is -0.0128. The van der Waals surface area contributed by atoms with Crippen molar-refractivity contribution in [3.05, 3.63) is 33.2 Å². The van der Waals surface area contributed by atoms with Crippen LogP contribution in [0.15, 0.2) is 10.9 Å². The van der Waals surface area contributed by atoms with Crippen LogP contribution in [0.4, 0.5) is 8.78 Å². The molecule has 0 atom stereocenters. The van der Waals surface area contributed by atoms with Crippen molar-refractivity contribution in [1.29, 1.82) is 0 Å². The molecule has 0 unspecified atom stereocenters. The van der Waals surface area contributed by atoms with Gasteiger partial charge >= 0.3 is 0 Å². The van der Waals surface area contributed by atoms with Gasteiger partial charge in [0.25, 0.3) is 11.5 Å². The lowest BCUT2D eigenvalue weighted by Gasteiger charge is -2.23. The highest BCUT2D eigenvalue weighted by molar-refractivity contribution is 5.74. The maximum absolute atomic E-state index is 13.0. The van der Waals surface area contributed by atoms with E-state index in [1.807, 2.05) is 0 Å². The molecule has 1 aromatic heterocycles. The molecule has 0 aliphatic heterocycles. The Hall–Kier alpha value is -1.52. The van der Waals surface area contributed by atoms with Crippen LogP contribution in [0.1, 0.15) is 28.0 Å².